The summed E-state index contributed by atoms with van der Waals surface area (Å²) in [7, 11) is 1.72. The van der Waals surface area contributed by atoms with E-state index in [1.54, 1.807) is 19.3 Å². The van der Waals surface area contributed by atoms with Gasteiger partial charge in [-0.3, -0.25) is 4.79 Å². The highest BCUT2D eigenvalue weighted by Gasteiger charge is 2.09. The van der Waals surface area contributed by atoms with Crippen molar-refractivity contribution in [3.63, 3.8) is 0 Å². The Morgan fingerprint density at radius 2 is 2.23 bits per heavy atom. The lowest BCUT2D eigenvalue weighted by Gasteiger charge is -1.97. The maximum absolute atomic E-state index is 11.6. The predicted molar refractivity (Wildman–Crippen MR) is 53.9 cm³/mol. The Bertz CT molecular complexity index is 524. The second kappa shape index (κ2) is 2.73. The van der Waals surface area contributed by atoms with Crippen molar-refractivity contribution in [1.82, 2.24) is 4.57 Å². The van der Waals surface area contributed by atoms with Crippen molar-refractivity contribution in [2.45, 2.75) is 6.92 Å². The molecule has 0 aliphatic carbocycles. The van der Waals surface area contributed by atoms with Gasteiger partial charge in [0, 0.05) is 13.2 Å². The van der Waals surface area contributed by atoms with Gasteiger partial charge in [0.1, 0.15) is 5.76 Å². The number of fused-ring (bicyclic) bond motifs is 1. The molecule has 2 aromatic heterocycles. The van der Waals surface area contributed by atoms with Crippen molar-refractivity contribution in [2.75, 3.05) is 0 Å². The molecule has 0 amide bonds. The molecule has 0 saturated carbocycles. The molecule has 2 rings (SSSR count). The fourth-order valence-corrected chi connectivity index (χ4v) is 1.93. The number of hydrogen-bond acceptors (Lipinski definition) is 2. The van der Waals surface area contributed by atoms with E-state index in [0.717, 1.165) is 10.2 Å². The van der Waals surface area contributed by atoms with Crippen molar-refractivity contribution in [3.8, 4) is 0 Å². The molecule has 13 heavy (non-hydrogen) atoms. The van der Waals surface area contributed by atoms with Crippen LogP contribution in [0, 0.1) is 6.92 Å². The van der Waals surface area contributed by atoms with E-state index in [2.05, 4.69) is 15.9 Å². The third kappa shape index (κ3) is 1.21. The van der Waals surface area contributed by atoms with Gasteiger partial charge in [0.2, 0.25) is 0 Å². The Morgan fingerprint density at radius 1 is 1.54 bits per heavy atom. The first kappa shape index (κ1) is 8.56. The van der Waals surface area contributed by atoms with Gasteiger partial charge >= 0.3 is 0 Å². The zero-order chi connectivity index (χ0) is 9.59. The zero-order valence-corrected chi connectivity index (χ0v) is 8.88. The summed E-state index contributed by atoms with van der Waals surface area (Å²) in [5.41, 5.74) is 0.593. The highest BCUT2D eigenvalue weighted by atomic mass is 79.9. The van der Waals surface area contributed by atoms with Gasteiger partial charge in [-0.1, -0.05) is 0 Å². The third-order valence-electron chi connectivity index (χ3n) is 1.93. The van der Waals surface area contributed by atoms with Crippen LogP contribution >= 0.6 is 15.9 Å². The second-order valence-corrected chi connectivity index (χ2v) is 3.85. The van der Waals surface area contributed by atoms with Crippen molar-refractivity contribution >= 4 is 26.9 Å². The first-order chi connectivity index (χ1) is 6.09. The van der Waals surface area contributed by atoms with Crippen LogP contribution in [0.25, 0.3) is 11.0 Å². The summed E-state index contributed by atoms with van der Waals surface area (Å²) >= 11 is 3.34. The van der Waals surface area contributed by atoms with E-state index in [9.17, 15) is 4.79 Å². The molecule has 2 aromatic rings. The lowest BCUT2D eigenvalue weighted by Crippen LogP contribution is -2.15. The molecule has 0 spiro atoms. The minimum Gasteiger partial charge on any atom is -0.460 e. The molecule has 2 heterocycles. The molecule has 3 nitrogen and oxygen atoms in total. The van der Waals surface area contributed by atoms with Gasteiger partial charge in [-0.2, -0.15) is 0 Å². The summed E-state index contributed by atoms with van der Waals surface area (Å²) in [5, 5.41) is 0.620. The van der Waals surface area contributed by atoms with Crippen LogP contribution in [-0.2, 0) is 7.05 Å². The molecule has 0 bridgehead atoms. The van der Waals surface area contributed by atoms with E-state index in [0.29, 0.717) is 11.0 Å². The Balaban J connectivity index is 3.04. The minimum absolute atomic E-state index is 0.0324. The van der Waals surface area contributed by atoms with Crippen molar-refractivity contribution in [1.29, 1.82) is 0 Å². The zero-order valence-electron chi connectivity index (χ0n) is 7.30. The van der Waals surface area contributed by atoms with Crippen molar-refractivity contribution in [3.05, 3.63) is 32.8 Å². The summed E-state index contributed by atoms with van der Waals surface area (Å²) in [6.45, 7) is 1.83. The van der Waals surface area contributed by atoms with Crippen LogP contribution in [0.1, 0.15) is 5.76 Å². The highest BCUT2D eigenvalue weighted by molar-refractivity contribution is 9.10. The number of halogens is 1. The lowest BCUT2D eigenvalue weighted by atomic mass is 10.3. The standard InChI is InChI=1S/C9H8BrNO2/c1-5-3-6-8(13-5)7(10)4-11(2)9(6)12/h3-4H,1-2H3. The number of hydrogen-bond donors (Lipinski definition) is 0. The smallest absolute Gasteiger partial charge is 0.261 e. The minimum atomic E-state index is -0.0324. The molecule has 0 unspecified atom stereocenters. The molecular formula is C9H8BrNO2. The fraction of sp³-hybridized carbons (Fsp3) is 0.222. The molecule has 0 aromatic carbocycles. The maximum atomic E-state index is 11.6. The number of furan rings is 1. The normalized spacial score (nSPS) is 11.0. The van der Waals surface area contributed by atoms with E-state index in [4.69, 9.17) is 4.42 Å². The summed E-state index contributed by atoms with van der Waals surface area (Å²) < 4.78 is 7.71. The average molecular weight is 242 g/mol. The number of aromatic nitrogens is 1. The van der Waals surface area contributed by atoms with Gasteiger partial charge < -0.3 is 8.98 Å². The van der Waals surface area contributed by atoms with E-state index in [1.165, 1.54) is 4.57 Å². The van der Waals surface area contributed by atoms with Gasteiger partial charge in [0.05, 0.1) is 9.86 Å². The van der Waals surface area contributed by atoms with Crippen LogP contribution in [0.3, 0.4) is 0 Å². The van der Waals surface area contributed by atoms with Gasteiger partial charge in [0.15, 0.2) is 5.58 Å². The maximum Gasteiger partial charge on any atom is 0.261 e. The molecule has 4 heteroatoms. The van der Waals surface area contributed by atoms with E-state index >= 15 is 0 Å². The summed E-state index contributed by atoms with van der Waals surface area (Å²) in [6.07, 6.45) is 1.70. The van der Waals surface area contributed by atoms with E-state index in [-0.39, 0.29) is 5.56 Å². The Labute approximate surface area is 83.1 Å². The van der Waals surface area contributed by atoms with Crippen LogP contribution in [0.5, 0.6) is 0 Å². The molecular weight excluding hydrogens is 234 g/mol. The number of pyridine rings is 1. The number of nitrogens with zero attached hydrogens (tertiary/aromatic N) is 1. The van der Waals surface area contributed by atoms with Crippen LogP contribution in [0.2, 0.25) is 0 Å². The SMILES string of the molecule is Cc1cc2c(=O)n(C)cc(Br)c2o1. The molecule has 0 atom stereocenters. The third-order valence-corrected chi connectivity index (χ3v) is 2.49. The quantitative estimate of drug-likeness (QED) is 0.709. The van der Waals surface area contributed by atoms with Crippen LogP contribution in [-0.4, -0.2) is 4.57 Å². The Kier molecular flexibility index (Phi) is 1.80. The summed E-state index contributed by atoms with van der Waals surface area (Å²) in [4.78, 5) is 11.6. The van der Waals surface area contributed by atoms with Gasteiger partial charge in [-0.15, -0.1) is 0 Å². The molecule has 0 fully saturated rings. The van der Waals surface area contributed by atoms with Gasteiger partial charge in [-0.05, 0) is 28.9 Å². The molecule has 0 radical (unpaired) electrons. The van der Waals surface area contributed by atoms with E-state index in [1.807, 2.05) is 6.92 Å². The van der Waals surface area contributed by atoms with Gasteiger partial charge in [0.25, 0.3) is 5.56 Å². The first-order valence-corrected chi connectivity index (χ1v) is 4.64. The topological polar surface area (TPSA) is 35.1 Å². The summed E-state index contributed by atoms with van der Waals surface area (Å²) in [6, 6.07) is 1.75. The van der Waals surface area contributed by atoms with Crippen LogP contribution in [0.4, 0.5) is 0 Å². The van der Waals surface area contributed by atoms with Crippen molar-refractivity contribution < 1.29 is 4.42 Å². The van der Waals surface area contributed by atoms with Crippen molar-refractivity contribution in [2.24, 2.45) is 7.05 Å². The first-order valence-electron chi connectivity index (χ1n) is 3.85. The monoisotopic (exact) mass is 241 g/mol. The molecule has 0 saturated heterocycles. The average Bonchev–Trinajstić information content (AvgIpc) is 2.44. The number of rotatable bonds is 0. The Hall–Kier alpha value is -1.03. The molecule has 0 aliphatic rings. The second-order valence-electron chi connectivity index (χ2n) is 2.99. The highest BCUT2D eigenvalue weighted by Crippen LogP contribution is 2.23. The summed E-state index contributed by atoms with van der Waals surface area (Å²) in [5.74, 6) is 0.749. The lowest BCUT2D eigenvalue weighted by molar-refractivity contribution is 0.576. The fourth-order valence-electron chi connectivity index (χ4n) is 1.33. The predicted octanol–water partition coefficient (Wildman–Crippen LogP) is 2.20. The van der Waals surface area contributed by atoms with Gasteiger partial charge in [-0.25, -0.2) is 0 Å². The van der Waals surface area contributed by atoms with Crippen LogP contribution < -0.4 is 5.56 Å². The molecule has 68 valence electrons. The molecule has 0 aliphatic heterocycles. The largest absolute Gasteiger partial charge is 0.460 e. The van der Waals surface area contributed by atoms with Crippen LogP contribution in [0.15, 0.2) is 25.9 Å². The molecule has 0 N–H and O–H groups in total. The Morgan fingerprint density at radius 3 is 2.92 bits per heavy atom. The number of aryl methyl sites for hydroxylation is 2. The van der Waals surface area contributed by atoms with E-state index < -0.39 is 0 Å².